The van der Waals surface area contributed by atoms with Crippen LogP contribution in [0.15, 0.2) is 60.9 Å². The fourth-order valence-electron chi connectivity index (χ4n) is 3.61. The van der Waals surface area contributed by atoms with Gasteiger partial charge in [-0.25, -0.2) is 14.4 Å². The number of pyridine rings is 2. The fourth-order valence-corrected chi connectivity index (χ4v) is 3.61. The van der Waals surface area contributed by atoms with Crippen LogP contribution in [0.3, 0.4) is 0 Å². The zero-order chi connectivity index (χ0) is 22.2. The Hall–Kier alpha value is -3.52. The van der Waals surface area contributed by atoms with Crippen LogP contribution in [-0.4, -0.2) is 47.0 Å². The minimum Gasteiger partial charge on any atom is -0.379 e. The van der Waals surface area contributed by atoms with Crippen LogP contribution in [0.25, 0.3) is 0 Å². The molecule has 1 fully saturated rings. The van der Waals surface area contributed by atoms with Crippen molar-refractivity contribution in [2.75, 3.05) is 36.8 Å². The van der Waals surface area contributed by atoms with Gasteiger partial charge in [0.25, 0.3) is 5.91 Å². The zero-order valence-corrected chi connectivity index (χ0v) is 17.9. The van der Waals surface area contributed by atoms with Gasteiger partial charge in [-0.3, -0.25) is 4.79 Å². The van der Waals surface area contributed by atoms with E-state index < -0.39 is 5.82 Å². The third-order valence-corrected chi connectivity index (χ3v) is 5.37. The summed E-state index contributed by atoms with van der Waals surface area (Å²) in [5.74, 6) is 0.786. The summed E-state index contributed by atoms with van der Waals surface area (Å²) in [5, 5.41) is 9.10. The summed E-state index contributed by atoms with van der Waals surface area (Å²) in [4.78, 5) is 23.3. The quantitative estimate of drug-likeness (QED) is 0.475. The normalized spacial score (nSPS) is 13.7. The van der Waals surface area contributed by atoms with Gasteiger partial charge < -0.3 is 20.9 Å². The molecule has 8 heteroatoms. The number of anilines is 3. The van der Waals surface area contributed by atoms with Gasteiger partial charge in [0.2, 0.25) is 0 Å². The molecule has 2 aromatic heterocycles. The Kier molecular flexibility index (Phi) is 7.24. The predicted octanol–water partition coefficient (Wildman–Crippen LogP) is 3.80. The maximum absolute atomic E-state index is 14.3. The molecule has 4 rings (SSSR count). The lowest BCUT2D eigenvalue weighted by atomic mass is 10.1. The summed E-state index contributed by atoms with van der Waals surface area (Å²) in [5.41, 5.74) is 1.60. The van der Waals surface area contributed by atoms with Crippen molar-refractivity contribution in [3.8, 4) is 0 Å². The van der Waals surface area contributed by atoms with Crippen molar-refractivity contribution in [3.05, 3.63) is 77.9 Å². The van der Waals surface area contributed by atoms with Gasteiger partial charge in [-0.15, -0.1) is 0 Å². The minimum absolute atomic E-state index is 0.195. The van der Waals surface area contributed by atoms with Crippen molar-refractivity contribution in [2.24, 2.45) is 0 Å². The average Bonchev–Trinajstić information content (AvgIpc) is 3.34. The molecule has 3 heterocycles. The molecule has 3 N–H and O–H groups in total. The Morgan fingerprint density at radius 3 is 2.62 bits per heavy atom. The molecule has 1 aromatic carbocycles. The van der Waals surface area contributed by atoms with E-state index in [1.54, 1.807) is 18.5 Å². The van der Waals surface area contributed by atoms with E-state index in [4.69, 9.17) is 0 Å². The van der Waals surface area contributed by atoms with Crippen LogP contribution in [0.1, 0.15) is 28.8 Å². The smallest absolute Gasteiger partial charge is 0.251 e. The molecule has 0 radical (unpaired) electrons. The van der Waals surface area contributed by atoms with Gasteiger partial charge in [-0.05, 0) is 67.9 Å². The Labute approximate surface area is 187 Å². The van der Waals surface area contributed by atoms with Crippen molar-refractivity contribution in [1.82, 2.24) is 20.2 Å². The number of nitrogens with one attached hydrogen (secondary N) is 3. The summed E-state index contributed by atoms with van der Waals surface area (Å²) < 4.78 is 14.3. The molecule has 1 saturated heterocycles. The molecule has 1 amide bonds. The highest BCUT2D eigenvalue weighted by molar-refractivity contribution is 5.95. The van der Waals surface area contributed by atoms with E-state index in [-0.39, 0.29) is 11.6 Å². The first-order valence-corrected chi connectivity index (χ1v) is 10.8. The first kappa shape index (κ1) is 21.7. The van der Waals surface area contributed by atoms with Crippen LogP contribution in [0, 0.1) is 5.82 Å². The topological polar surface area (TPSA) is 82.2 Å². The van der Waals surface area contributed by atoms with E-state index in [0.29, 0.717) is 30.3 Å². The number of carbonyl (C=O) groups is 1. The molecule has 0 saturated carbocycles. The standard InChI is InChI=1S/C24H27FN6O/c25-20-8-7-19(24(32)27-11-14-31-12-3-4-13-31)15-21(20)28-16-18-6-9-23(29-17-18)30-22-5-1-2-10-26-22/h1-2,5-10,15,17,28H,3-4,11-14,16H2,(H,27,32)(H,26,29,30). The number of hydrogen-bond donors (Lipinski definition) is 3. The van der Waals surface area contributed by atoms with Gasteiger partial charge >= 0.3 is 0 Å². The molecule has 0 atom stereocenters. The predicted molar refractivity (Wildman–Crippen MR) is 123 cm³/mol. The van der Waals surface area contributed by atoms with Crippen molar-refractivity contribution in [1.29, 1.82) is 0 Å². The van der Waals surface area contributed by atoms with Crippen molar-refractivity contribution in [3.63, 3.8) is 0 Å². The van der Waals surface area contributed by atoms with E-state index in [9.17, 15) is 9.18 Å². The Balaban J connectivity index is 1.30. The molecule has 3 aromatic rings. The maximum Gasteiger partial charge on any atom is 0.251 e. The third-order valence-electron chi connectivity index (χ3n) is 5.37. The fraction of sp³-hybridized carbons (Fsp3) is 0.292. The third kappa shape index (κ3) is 6.01. The first-order valence-electron chi connectivity index (χ1n) is 10.8. The molecular formula is C24H27FN6O. The highest BCUT2D eigenvalue weighted by atomic mass is 19.1. The molecule has 166 valence electrons. The van der Waals surface area contributed by atoms with Gasteiger partial charge in [0.1, 0.15) is 17.5 Å². The molecule has 7 nitrogen and oxygen atoms in total. The molecule has 0 bridgehead atoms. The van der Waals surface area contributed by atoms with Gasteiger partial charge in [-0.2, -0.15) is 0 Å². The highest BCUT2D eigenvalue weighted by Gasteiger charge is 2.13. The summed E-state index contributed by atoms with van der Waals surface area (Å²) in [6.45, 7) is 4.00. The van der Waals surface area contributed by atoms with Crippen LogP contribution < -0.4 is 16.0 Å². The van der Waals surface area contributed by atoms with E-state index in [0.717, 1.165) is 25.2 Å². The number of benzene rings is 1. The number of halogens is 1. The van der Waals surface area contributed by atoms with Gasteiger partial charge in [0.05, 0.1) is 5.69 Å². The Morgan fingerprint density at radius 1 is 1.03 bits per heavy atom. The largest absolute Gasteiger partial charge is 0.379 e. The van der Waals surface area contributed by atoms with E-state index in [2.05, 4.69) is 30.8 Å². The first-order chi connectivity index (χ1) is 15.7. The number of rotatable bonds is 9. The molecule has 0 spiro atoms. The highest BCUT2D eigenvalue weighted by Crippen LogP contribution is 2.18. The summed E-state index contributed by atoms with van der Waals surface area (Å²) in [7, 11) is 0. The Morgan fingerprint density at radius 2 is 1.88 bits per heavy atom. The lowest BCUT2D eigenvalue weighted by Gasteiger charge is -2.15. The van der Waals surface area contributed by atoms with Crippen molar-refractivity contribution >= 4 is 23.2 Å². The maximum atomic E-state index is 14.3. The number of carbonyl (C=O) groups excluding carboxylic acids is 1. The number of aromatic nitrogens is 2. The summed E-state index contributed by atoms with van der Waals surface area (Å²) in [6.07, 6.45) is 5.86. The van der Waals surface area contributed by atoms with Crippen molar-refractivity contribution in [2.45, 2.75) is 19.4 Å². The van der Waals surface area contributed by atoms with Crippen LogP contribution in [0.5, 0.6) is 0 Å². The Bertz CT molecular complexity index is 1020. The molecule has 1 aliphatic rings. The van der Waals surface area contributed by atoms with E-state index >= 15 is 0 Å². The minimum atomic E-state index is -0.403. The summed E-state index contributed by atoms with van der Waals surface area (Å²) in [6, 6.07) is 13.7. The SMILES string of the molecule is O=C(NCCN1CCCC1)c1ccc(F)c(NCc2ccc(Nc3ccccn3)nc2)c1. The number of hydrogen-bond acceptors (Lipinski definition) is 6. The van der Waals surface area contributed by atoms with E-state index in [1.807, 2.05) is 30.3 Å². The number of amides is 1. The lowest BCUT2D eigenvalue weighted by Crippen LogP contribution is -2.33. The van der Waals surface area contributed by atoms with Crippen LogP contribution >= 0.6 is 0 Å². The van der Waals surface area contributed by atoms with Gasteiger partial charge in [-0.1, -0.05) is 12.1 Å². The van der Waals surface area contributed by atoms with Gasteiger partial charge in [0, 0.05) is 37.6 Å². The number of nitrogens with zero attached hydrogens (tertiary/aromatic N) is 3. The van der Waals surface area contributed by atoms with E-state index in [1.165, 1.54) is 25.0 Å². The monoisotopic (exact) mass is 434 g/mol. The molecule has 0 aliphatic carbocycles. The van der Waals surface area contributed by atoms with Crippen LogP contribution in [0.2, 0.25) is 0 Å². The molecule has 32 heavy (non-hydrogen) atoms. The van der Waals surface area contributed by atoms with Gasteiger partial charge in [0.15, 0.2) is 0 Å². The van der Waals surface area contributed by atoms with Crippen LogP contribution in [-0.2, 0) is 6.54 Å². The average molecular weight is 435 g/mol. The lowest BCUT2D eigenvalue weighted by molar-refractivity contribution is 0.0949. The van der Waals surface area contributed by atoms with Crippen LogP contribution in [0.4, 0.5) is 21.7 Å². The summed E-state index contributed by atoms with van der Waals surface area (Å²) >= 11 is 0. The second-order valence-corrected chi connectivity index (χ2v) is 7.74. The second-order valence-electron chi connectivity index (χ2n) is 7.74. The molecular weight excluding hydrogens is 407 g/mol. The zero-order valence-electron chi connectivity index (χ0n) is 17.9. The second kappa shape index (κ2) is 10.7. The number of likely N-dealkylation sites (tertiary alicyclic amines) is 1. The van der Waals surface area contributed by atoms with Crippen molar-refractivity contribution < 1.29 is 9.18 Å². The molecule has 1 aliphatic heterocycles. The molecule has 0 unspecified atom stereocenters.